The summed E-state index contributed by atoms with van der Waals surface area (Å²) in [7, 11) is 0. The zero-order chi connectivity index (χ0) is 17.3. The summed E-state index contributed by atoms with van der Waals surface area (Å²) >= 11 is 0. The van der Waals surface area contributed by atoms with Gasteiger partial charge in [0.15, 0.2) is 0 Å². The zero-order valence-electron chi connectivity index (χ0n) is 13.8. The maximum atomic E-state index is 13.8. The number of benzene rings is 2. The van der Waals surface area contributed by atoms with Crippen molar-refractivity contribution in [2.45, 2.75) is 19.9 Å². The minimum Gasteiger partial charge on any atom is -0.365 e. The molecular formula is C19H20F2N2O. The number of hydrogen-bond donors (Lipinski definition) is 0. The van der Waals surface area contributed by atoms with Crippen molar-refractivity contribution in [1.82, 2.24) is 4.90 Å². The quantitative estimate of drug-likeness (QED) is 0.839. The minimum atomic E-state index is -0.811. The Morgan fingerprint density at radius 3 is 2.58 bits per heavy atom. The molecule has 1 fully saturated rings. The fourth-order valence-corrected chi connectivity index (χ4v) is 3.17. The molecule has 1 aliphatic heterocycles. The van der Waals surface area contributed by atoms with Gasteiger partial charge in [-0.05, 0) is 43.7 Å². The lowest BCUT2D eigenvalue weighted by Gasteiger charge is -2.41. The van der Waals surface area contributed by atoms with Crippen molar-refractivity contribution in [2.24, 2.45) is 0 Å². The molecule has 0 aromatic heterocycles. The van der Waals surface area contributed by atoms with Gasteiger partial charge in [0.25, 0.3) is 5.91 Å². The number of amides is 1. The summed E-state index contributed by atoms with van der Waals surface area (Å²) in [6.07, 6.45) is 0. The van der Waals surface area contributed by atoms with Gasteiger partial charge in [-0.3, -0.25) is 4.79 Å². The van der Waals surface area contributed by atoms with Crippen LogP contribution in [0.2, 0.25) is 0 Å². The van der Waals surface area contributed by atoms with E-state index in [9.17, 15) is 13.6 Å². The van der Waals surface area contributed by atoms with E-state index < -0.39 is 11.6 Å². The molecule has 0 radical (unpaired) electrons. The van der Waals surface area contributed by atoms with E-state index in [1.807, 2.05) is 26.0 Å². The standard InChI is InChI=1S/C19H20F2N2O/c1-13-4-3-5-16(10-13)23-9-8-22(12-14(23)2)19(24)17-7-6-15(20)11-18(17)21/h3-7,10-11,14H,8-9,12H2,1-2H3/t14-/m0/s1. The Bertz CT molecular complexity index is 763. The number of aryl methyl sites for hydroxylation is 1. The van der Waals surface area contributed by atoms with E-state index in [1.165, 1.54) is 11.6 Å². The Kier molecular flexibility index (Phi) is 4.51. The molecule has 0 bridgehead atoms. The molecule has 1 heterocycles. The first kappa shape index (κ1) is 16.4. The lowest BCUT2D eigenvalue weighted by Crippen LogP contribution is -2.54. The van der Waals surface area contributed by atoms with Gasteiger partial charge < -0.3 is 9.80 Å². The third-order valence-corrected chi connectivity index (χ3v) is 4.41. The minimum absolute atomic E-state index is 0.0763. The molecule has 126 valence electrons. The van der Waals surface area contributed by atoms with Crippen LogP contribution < -0.4 is 4.90 Å². The highest BCUT2D eigenvalue weighted by Crippen LogP contribution is 2.23. The maximum absolute atomic E-state index is 13.8. The second-order valence-corrected chi connectivity index (χ2v) is 6.26. The Morgan fingerprint density at radius 2 is 1.92 bits per heavy atom. The molecule has 1 amide bonds. The van der Waals surface area contributed by atoms with Crippen LogP contribution >= 0.6 is 0 Å². The summed E-state index contributed by atoms with van der Waals surface area (Å²) in [6.45, 7) is 5.78. The predicted molar refractivity (Wildman–Crippen MR) is 90.2 cm³/mol. The summed E-state index contributed by atoms with van der Waals surface area (Å²) < 4.78 is 26.9. The van der Waals surface area contributed by atoms with Crippen molar-refractivity contribution in [1.29, 1.82) is 0 Å². The maximum Gasteiger partial charge on any atom is 0.256 e. The van der Waals surface area contributed by atoms with Crippen LogP contribution in [-0.4, -0.2) is 36.5 Å². The summed E-state index contributed by atoms with van der Waals surface area (Å²) in [4.78, 5) is 16.4. The second kappa shape index (κ2) is 6.59. The van der Waals surface area contributed by atoms with Crippen molar-refractivity contribution in [2.75, 3.05) is 24.5 Å². The van der Waals surface area contributed by atoms with Crippen LogP contribution in [0.3, 0.4) is 0 Å². The van der Waals surface area contributed by atoms with Crippen LogP contribution in [0.1, 0.15) is 22.8 Å². The van der Waals surface area contributed by atoms with Crippen molar-refractivity contribution in [3.8, 4) is 0 Å². The predicted octanol–water partition coefficient (Wildman–Crippen LogP) is 3.62. The average molecular weight is 330 g/mol. The van der Waals surface area contributed by atoms with Gasteiger partial charge in [0.1, 0.15) is 11.6 Å². The van der Waals surface area contributed by atoms with Crippen LogP contribution in [0, 0.1) is 18.6 Å². The molecule has 5 heteroatoms. The zero-order valence-corrected chi connectivity index (χ0v) is 13.8. The van der Waals surface area contributed by atoms with Crippen LogP contribution in [0.25, 0.3) is 0 Å². The normalized spacial score (nSPS) is 17.9. The fraction of sp³-hybridized carbons (Fsp3) is 0.316. The highest BCUT2D eigenvalue weighted by Gasteiger charge is 2.28. The summed E-state index contributed by atoms with van der Waals surface area (Å²) in [5.41, 5.74) is 2.24. The molecule has 0 spiro atoms. The topological polar surface area (TPSA) is 23.6 Å². The molecule has 1 saturated heterocycles. The number of anilines is 1. The lowest BCUT2D eigenvalue weighted by atomic mass is 10.1. The average Bonchev–Trinajstić information content (AvgIpc) is 2.54. The van der Waals surface area contributed by atoms with Crippen molar-refractivity contribution in [3.05, 3.63) is 65.2 Å². The smallest absolute Gasteiger partial charge is 0.256 e. The summed E-state index contributed by atoms with van der Waals surface area (Å²) in [5, 5.41) is 0. The van der Waals surface area contributed by atoms with Gasteiger partial charge in [0.05, 0.1) is 5.56 Å². The highest BCUT2D eigenvalue weighted by atomic mass is 19.1. The summed E-state index contributed by atoms with van der Waals surface area (Å²) in [6, 6.07) is 11.4. The molecule has 0 unspecified atom stereocenters. The largest absolute Gasteiger partial charge is 0.365 e. The monoisotopic (exact) mass is 330 g/mol. The highest BCUT2D eigenvalue weighted by molar-refractivity contribution is 5.94. The van der Waals surface area contributed by atoms with Gasteiger partial charge in [-0.15, -0.1) is 0 Å². The fourth-order valence-electron chi connectivity index (χ4n) is 3.17. The Balaban J connectivity index is 1.74. The van der Waals surface area contributed by atoms with E-state index >= 15 is 0 Å². The van der Waals surface area contributed by atoms with E-state index in [2.05, 4.69) is 17.0 Å². The number of halogens is 2. The molecule has 0 aliphatic carbocycles. The third kappa shape index (κ3) is 3.25. The molecule has 0 N–H and O–H groups in total. The summed E-state index contributed by atoms with van der Waals surface area (Å²) in [5.74, 6) is -1.88. The molecule has 3 rings (SSSR count). The van der Waals surface area contributed by atoms with Crippen molar-refractivity contribution >= 4 is 11.6 Å². The van der Waals surface area contributed by atoms with E-state index in [1.54, 1.807) is 4.90 Å². The van der Waals surface area contributed by atoms with E-state index in [-0.39, 0.29) is 17.5 Å². The molecular weight excluding hydrogens is 310 g/mol. The number of carbonyl (C=O) groups excluding carboxylic acids is 1. The molecule has 2 aromatic carbocycles. The number of nitrogens with zero attached hydrogens (tertiary/aromatic N) is 2. The SMILES string of the molecule is Cc1cccc(N2CCN(C(=O)c3ccc(F)cc3F)C[C@@H]2C)c1. The molecule has 24 heavy (non-hydrogen) atoms. The Hall–Kier alpha value is -2.43. The van der Waals surface area contributed by atoms with Crippen molar-refractivity contribution < 1.29 is 13.6 Å². The van der Waals surface area contributed by atoms with E-state index in [0.29, 0.717) is 19.6 Å². The Morgan fingerprint density at radius 1 is 1.12 bits per heavy atom. The van der Waals surface area contributed by atoms with Gasteiger partial charge >= 0.3 is 0 Å². The van der Waals surface area contributed by atoms with Gasteiger partial charge in [0, 0.05) is 37.4 Å². The number of piperazine rings is 1. The first-order chi connectivity index (χ1) is 11.5. The first-order valence-electron chi connectivity index (χ1n) is 8.03. The lowest BCUT2D eigenvalue weighted by molar-refractivity contribution is 0.0721. The molecule has 1 atom stereocenters. The first-order valence-corrected chi connectivity index (χ1v) is 8.03. The third-order valence-electron chi connectivity index (χ3n) is 4.41. The number of rotatable bonds is 2. The van der Waals surface area contributed by atoms with E-state index in [0.717, 1.165) is 17.8 Å². The number of carbonyl (C=O) groups is 1. The second-order valence-electron chi connectivity index (χ2n) is 6.26. The van der Waals surface area contributed by atoms with Crippen molar-refractivity contribution in [3.63, 3.8) is 0 Å². The molecule has 2 aromatic rings. The molecule has 1 aliphatic rings. The van der Waals surface area contributed by atoms with Gasteiger partial charge in [-0.1, -0.05) is 12.1 Å². The van der Waals surface area contributed by atoms with Crippen LogP contribution in [0.15, 0.2) is 42.5 Å². The van der Waals surface area contributed by atoms with Gasteiger partial charge in [0.2, 0.25) is 0 Å². The van der Waals surface area contributed by atoms with Crippen LogP contribution in [-0.2, 0) is 0 Å². The van der Waals surface area contributed by atoms with Gasteiger partial charge in [-0.2, -0.15) is 0 Å². The van der Waals surface area contributed by atoms with E-state index in [4.69, 9.17) is 0 Å². The molecule has 3 nitrogen and oxygen atoms in total. The van der Waals surface area contributed by atoms with Gasteiger partial charge in [-0.25, -0.2) is 8.78 Å². The molecule has 0 saturated carbocycles. The number of hydrogen-bond acceptors (Lipinski definition) is 2. The van der Waals surface area contributed by atoms with Crippen LogP contribution in [0.5, 0.6) is 0 Å². The Labute approximate surface area is 140 Å². The van der Waals surface area contributed by atoms with Crippen LogP contribution in [0.4, 0.5) is 14.5 Å².